The lowest BCUT2D eigenvalue weighted by Crippen LogP contribution is -2.48. The van der Waals surface area contributed by atoms with E-state index in [4.69, 9.17) is 0 Å². The van der Waals surface area contributed by atoms with Crippen molar-refractivity contribution in [3.8, 4) is 0 Å². The van der Waals surface area contributed by atoms with Crippen molar-refractivity contribution in [1.82, 2.24) is 5.32 Å². The number of amides is 1. The molecule has 3 nitrogen and oxygen atoms in total. The summed E-state index contributed by atoms with van der Waals surface area (Å²) < 4.78 is 0. The van der Waals surface area contributed by atoms with Crippen LogP contribution in [0.5, 0.6) is 0 Å². The first-order chi connectivity index (χ1) is 7.57. The molecule has 1 heterocycles. The van der Waals surface area contributed by atoms with Crippen molar-refractivity contribution >= 4 is 17.2 Å². The van der Waals surface area contributed by atoms with Gasteiger partial charge in [0.15, 0.2) is 0 Å². The molecule has 0 atom stereocenters. The highest BCUT2D eigenvalue weighted by atomic mass is 32.1. The Morgan fingerprint density at radius 2 is 2.31 bits per heavy atom. The highest BCUT2D eigenvalue weighted by Gasteiger charge is 2.34. The van der Waals surface area contributed by atoms with E-state index in [2.05, 4.69) is 5.32 Å². The first-order valence-corrected chi connectivity index (χ1v) is 6.43. The maximum absolute atomic E-state index is 11.6. The van der Waals surface area contributed by atoms with Crippen LogP contribution in [0.2, 0.25) is 0 Å². The average Bonchev–Trinajstić information content (AvgIpc) is 2.58. The molecule has 2 N–H and O–H groups in total. The normalized spacial score (nSPS) is 17.9. The number of aliphatic hydroxyl groups is 1. The van der Waals surface area contributed by atoms with Gasteiger partial charge >= 0.3 is 0 Å². The lowest BCUT2D eigenvalue weighted by molar-refractivity contribution is -0.122. The quantitative estimate of drug-likeness (QED) is 0.839. The average molecular weight is 239 g/mol. The van der Waals surface area contributed by atoms with Gasteiger partial charge in [-0.05, 0) is 38.3 Å². The molecule has 1 aromatic heterocycles. The zero-order valence-corrected chi connectivity index (χ0v) is 10.3. The van der Waals surface area contributed by atoms with Crippen molar-refractivity contribution in [1.29, 1.82) is 0 Å². The molecule has 16 heavy (non-hydrogen) atoms. The summed E-state index contributed by atoms with van der Waals surface area (Å²) in [6, 6.07) is 4.00. The molecule has 1 aromatic rings. The molecule has 1 amide bonds. The second-order valence-electron chi connectivity index (χ2n) is 4.54. The van der Waals surface area contributed by atoms with Crippen molar-refractivity contribution in [2.24, 2.45) is 0 Å². The molecule has 2 rings (SSSR count). The molecule has 0 aliphatic heterocycles. The van der Waals surface area contributed by atoms with Crippen LogP contribution in [0.15, 0.2) is 12.1 Å². The molecule has 0 radical (unpaired) electrons. The molecular formula is C12H17NO2S. The van der Waals surface area contributed by atoms with Gasteiger partial charge in [0.25, 0.3) is 0 Å². The smallest absolute Gasteiger partial charge is 0.225 e. The molecule has 1 saturated carbocycles. The van der Waals surface area contributed by atoms with Crippen LogP contribution in [0.1, 0.15) is 29.0 Å². The second-order valence-corrected chi connectivity index (χ2v) is 5.92. The van der Waals surface area contributed by atoms with Crippen LogP contribution in [-0.2, 0) is 11.2 Å². The summed E-state index contributed by atoms with van der Waals surface area (Å²) in [7, 11) is 0. The van der Waals surface area contributed by atoms with E-state index in [0.717, 1.165) is 24.1 Å². The van der Waals surface area contributed by atoms with Crippen molar-refractivity contribution in [3.05, 3.63) is 21.9 Å². The molecule has 1 aliphatic rings. The summed E-state index contributed by atoms with van der Waals surface area (Å²) in [4.78, 5) is 13.9. The Labute approximate surface area is 99.5 Å². The summed E-state index contributed by atoms with van der Waals surface area (Å²) >= 11 is 1.65. The highest BCUT2D eigenvalue weighted by molar-refractivity contribution is 7.12. The lowest BCUT2D eigenvalue weighted by atomic mass is 9.80. The molecule has 1 fully saturated rings. The Hall–Kier alpha value is -0.870. The molecule has 0 aromatic carbocycles. The lowest BCUT2D eigenvalue weighted by Gasteiger charge is -2.36. The van der Waals surface area contributed by atoms with E-state index in [9.17, 15) is 9.90 Å². The number of aryl methyl sites for hydroxylation is 1. The molecule has 0 spiro atoms. The fourth-order valence-electron chi connectivity index (χ4n) is 1.83. The topological polar surface area (TPSA) is 49.3 Å². The van der Waals surface area contributed by atoms with Gasteiger partial charge in [-0.25, -0.2) is 0 Å². The Balaban J connectivity index is 1.76. The minimum Gasteiger partial charge on any atom is -0.388 e. The zero-order chi connectivity index (χ0) is 11.6. The van der Waals surface area contributed by atoms with Gasteiger partial charge in [-0.2, -0.15) is 0 Å². The van der Waals surface area contributed by atoms with E-state index in [1.165, 1.54) is 4.88 Å². The van der Waals surface area contributed by atoms with Gasteiger partial charge in [-0.1, -0.05) is 0 Å². The monoisotopic (exact) mass is 239 g/mol. The third-order valence-corrected chi connectivity index (χ3v) is 4.03. The summed E-state index contributed by atoms with van der Waals surface area (Å²) in [5.74, 6) is 0.00201. The Kier molecular flexibility index (Phi) is 3.30. The van der Waals surface area contributed by atoms with Gasteiger partial charge in [0, 0.05) is 16.3 Å². The summed E-state index contributed by atoms with van der Waals surface area (Å²) in [6.45, 7) is 2.43. The van der Waals surface area contributed by atoms with Gasteiger partial charge in [-0.3, -0.25) is 4.79 Å². The predicted molar refractivity (Wildman–Crippen MR) is 64.6 cm³/mol. The second kappa shape index (κ2) is 4.55. The minimum atomic E-state index is -0.624. The molecule has 1 aliphatic carbocycles. The molecule has 0 unspecified atom stereocenters. The molecular weight excluding hydrogens is 222 g/mol. The summed E-state index contributed by atoms with van der Waals surface area (Å²) in [6.07, 6.45) is 3.11. The maximum atomic E-state index is 11.6. The van der Waals surface area contributed by atoms with Crippen LogP contribution in [0.4, 0.5) is 0 Å². The largest absolute Gasteiger partial charge is 0.388 e. The van der Waals surface area contributed by atoms with E-state index in [0.29, 0.717) is 13.0 Å². The standard InChI is InChI=1S/C12H17NO2S/c1-9-3-4-10(16-9)7-11(14)13-8-12(15)5-2-6-12/h3-4,15H,2,5-8H2,1H3,(H,13,14). The molecule has 0 saturated heterocycles. The number of hydrogen-bond donors (Lipinski definition) is 2. The molecule has 88 valence electrons. The van der Waals surface area contributed by atoms with Crippen molar-refractivity contribution in [3.63, 3.8) is 0 Å². The van der Waals surface area contributed by atoms with E-state index < -0.39 is 5.60 Å². The van der Waals surface area contributed by atoms with Crippen LogP contribution in [-0.4, -0.2) is 23.2 Å². The Morgan fingerprint density at radius 1 is 1.56 bits per heavy atom. The minimum absolute atomic E-state index is 0.00201. The SMILES string of the molecule is Cc1ccc(CC(=O)NCC2(O)CCC2)s1. The number of rotatable bonds is 4. The van der Waals surface area contributed by atoms with Crippen molar-refractivity contribution < 1.29 is 9.90 Å². The third kappa shape index (κ3) is 2.83. The van der Waals surface area contributed by atoms with Gasteiger partial charge in [0.2, 0.25) is 5.91 Å². The van der Waals surface area contributed by atoms with Crippen molar-refractivity contribution in [2.45, 2.75) is 38.2 Å². The summed E-state index contributed by atoms with van der Waals surface area (Å²) in [5.41, 5.74) is -0.624. The third-order valence-electron chi connectivity index (χ3n) is 3.03. The number of carbonyl (C=O) groups excluding carboxylic acids is 1. The van der Waals surface area contributed by atoms with Gasteiger partial charge in [0.1, 0.15) is 0 Å². The van der Waals surface area contributed by atoms with Crippen LogP contribution in [0.3, 0.4) is 0 Å². The van der Waals surface area contributed by atoms with Gasteiger partial charge in [0.05, 0.1) is 12.0 Å². The summed E-state index contributed by atoms with van der Waals surface area (Å²) in [5, 5.41) is 12.6. The Bertz CT molecular complexity index is 382. The number of nitrogens with one attached hydrogen (secondary N) is 1. The van der Waals surface area contributed by atoms with E-state index >= 15 is 0 Å². The predicted octanol–water partition coefficient (Wildman–Crippen LogP) is 1.63. The number of carbonyl (C=O) groups is 1. The van der Waals surface area contributed by atoms with E-state index in [1.807, 2.05) is 19.1 Å². The fourth-order valence-corrected chi connectivity index (χ4v) is 2.71. The first-order valence-electron chi connectivity index (χ1n) is 5.62. The van der Waals surface area contributed by atoms with Gasteiger partial charge < -0.3 is 10.4 Å². The molecule has 0 bridgehead atoms. The van der Waals surface area contributed by atoms with Gasteiger partial charge in [-0.15, -0.1) is 11.3 Å². The van der Waals surface area contributed by atoms with E-state index in [1.54, 1.807) is 11.3 Å². The fraction of sp³-hybridized carbons (Fsp3) is 0.583. The highest BCUT2D eigenvalue weighted by Crippen LogP contribution is 2.30. The maximum Gasteiger partial charge on any atom is 0.225 e. The van der Waals surface area contributed by atoms with Crippen LogP contribution >= 0.6 is 11.3 Å². The van der Waals surface area contributed by atoms with Crippen LogP contribution < -0.4 is 5.32 Å². The first kappa shape index (κ1) is 11.6. The number of thiophene rings is 1. The number of hydrogen-bond acceptors (Lipinski definition) is 3. The van der Waals surface area contributed by atoms with E-state index in [-0.39, 0.29) is 5.91 Å². The Morgan fingerprint density at radius 3 is 2.81 bits per heavy atom. The van der Waals surface area contributed by atoms with Crippen LogP contribution in [0.25, 0.3) is 0 Å². The van der Waals surface area contributed by atoms with Crippen molar-refractivity contribution in [2.75, 3.05) is 6.54 Å². The zero-order valence-electron chi connectivity index (χ0n) is 9.45. The van der Waals surface area contributed by atoms with Crippen LogP contribution in [0, 0.1) is 6.92 Å². The molecule has 4 heteroatoms.